The van der Waals surface area contributed by atoms with Gasteiger partial charge in [-0.25, -0.2) is 14.8 Å². The van der Waals surface area contributed by atoms with Crippen LogP contribution in [0.25, 0.3) is 45.6 Å². The summed E-state index contributed by atoms with van der Waals surface area (Å²) in [5, 5.41) is 0.869. The van der Waals surface area contributed by atoms with Gasteiger partial charge in [0, 0.05) is 15.4 Å². The number of hydrogen-bond acceptors (Lipinski definition) is 4. The van der Waals surface area contributed by atoms with Crippen molar-refractivity contribution in [2.24, 2.45) is 0 Å². The number of nitrogens with one attached hydrogen (secondary N) is 1. The molecule has 0 aliphatic carbocycles. The molecule has 0 unspecified atom stereocenters. The molecule has 0 aliphatic heterocycles. The Hall–Kier alpha value is -3.77. The summed E-state index contributed by atoms with van der Waals surface area (Å²) in [4.78, 5) is 26.1. The second-order valence-electron chi connectivity index (χ2n) is 7.47. The van der Waals surface area contributed by atoms with Crippen LogP contribution in [-0.4, -0.2) is 27.5 Å². The van der Waals surface area contributed by atoms with Crippen LogP contribution in [-0.2, 0) is 4.74 Å². The minimum Gasteiger partial charge on any atom is -0.462 e. The standard InChI is InChI=1S/C27H20BrN3O2/c1-2-33-27(32)24-20(16-13-17-11-14-18(28)15-12-17)19-7-3-4-8-21(19)29-25(24)26-30-22-9-5-6-10-23(22)31-26/h3-16H,2H2,1H3,(H,30,31)/b16-13+. The summed E-state index contributed by atoms with van der Waals surface area (Å²) in [6.07, 6.45) is 3.94. The second-order valence-corrected chi connectivity index (χ2v) is 8.39. The lowest BCUT2D eigenvalue weighted by molar-refractivity contribution is 0.0527. The molecule has 3 aromatic carbocycles. The zero-order valence-electron chi connectivity index (χ0n) is 17.9. The summed E-state index contributed by atoms with van der Waals surface area (Å²) in [5.41, 5.74) is 5.09. The van der Waals surface area contributed by atoms with E-state index in [0.717, 1.165) is 37.5 Å². The van der Waals surface area contributed by atoms with Crippen molar-refractivity contribution >= 4 is 56.0 Å². The minimum absolute atomic E-state index is 0.265. The number of nitrogens with zero attached hydrogens (tertiary/aromatic N) is 2. The highest BCUT2D eigenvalue weighted by atomic mass is 79.9. The number of H-pyrrole nitrogens is 1. The molecule has 33 heavy (non-hydrogen) atoms. The molecular weight excluding hydrogens is 478 g/mol. The summed E-state index contributed by atoms with van der Waals surface area (Å²) in [6, 6.07) is 23.5. The fraction of sp³-hybridized carbons (Fsp3) is 0.0741. The first-order chi connectivity index (χ1) is 16.1. The maximum Gasteiger partial charge on any atom is 0.341 e. The van der Waals surface area contributed by atoms with Crippen molar-refractivity contribution in [2.45, 2.75) is 6.92 Å². The molecular formula is C27H20BrN3O2. The maximum absolute atomic E-state index is 13.2. The number of halogens is 1. The Morgan fingerprint density at radius 3 is 2.42 bits per heavy atom. The van der Waals surface area contributed by atoms with Gasteiger partial charge in [0.05, 0.1) is 28.7 Å². The number of imidazole rings is 1. The van der Waals surface area contributed by atoms with E-state index >= 15 is 0 Å². The van der Waals surface area contributed by atoms with Crippen molar-refractivity contribution < 1.29 is 9.53 Å². The average Bonchev–Trinajstić information content (AvgIpc) is 3.27. The molecule has 0 saturated heterocycles. The second kappa shape index (κ2) is 9.00. The number of fused-ring (bicyclic) bond motifs is 2. The van der Waals surface area contributed by atoms with Gasteiger partial charge >= 0.3 is 5.97 Å². The van der Waals surface area contributed by atoms with Crippen molar-refractivity contribution in [3.8, 4) is 11.5 Å². The summed E-state index contributed by atoms with van der Waals surface area (Å²) >= 11 is 3.47. The van der Waals surface area contributed by atoms with Crippen LogP contribution in [0.1, 0.15) is 28.4 Å². The number of para-hydroxylation sites is 3. The van der Waals surface area contributed by atoms with E-state index in [4.69, 9.17) is 14.7 Å². The number of rotatable bonds is 5. The minimum atomic E-state index is -0.429. The SMILES string of the molecule is CCOC(=O)c1c(-c2nc3ccccc3[nH]2)nc2ccccc2c1/C=C/c1ccc(Br)cc1. The van der Waals surface area contributed by atoms with Gasteiger partial charge in [-0.2, -0.15) is 0 Å². The quantitative estimate of drug-likeness (QED) is 0.268. The van der Waals surface area contributed by atoms with Gasteiger partial charge in [-0.1, -0.05) is 70.5 Å². The largest absolute Gasteiger partial charge is 0.462 e. The third-order valence-electron chi connectivity index (χ3n) is 5.34. The molecule has 162 valence electrons. The lowest BCUT2D eigenvalue weighted by atomic mass is 9.98. The first kappa shape index (κ1) is 21.1. The number of aromatic amines is 1. The van der Waals surface area contributed by atoms with Crippen LogP contribution in [0, 0.1) is 0 Å². The number of esters is 1. The van der Waals surface area contributed by atoms with Crippen LogP contribution in [0.2, 0.25) is 0 Å². The van der Waals surface area contributed by atoms with Gasteiger partial charge in [0.25, 0.3) is 0 Å². The van der Waals surface area contributed by atoms with Crippen molar-refractivity contribution in [3.63, 3.8) is 0 Å². The molecule has 0 radical (unpaired) electrons. The molecule has 0 bridgehead atoms. The number of hydrogen-bond donors (Lipinski definition) is 1. The highest BCUT2D eigenvalue weighted by Crippen LogP contribution is 2.32. The van der Waals surface area contributed by atoms with Gasteiger partial charge in [0.1, 0.15) is 5.69 Å². The molecule has 5 nitrogen and oxygen atoms in total. The molecule has 1 N–H and O–H groups in total. The van der Waals surface area contributed by atoms with Crippen molar-refractivity contribution in [1.29, 1.82) is 0 Å². The number of carbonyl (C=O) groups excluding carboxylic acids is 1. The highest BCUT2D eigenvalue weighted by molar-refractivity contribution is 9.10. The fourth-order valence-electron chi connectivity index (χ4n) is 3.81. The highest BCUT2D eigenvalue weighted by Gasteiger charge is 2.24. The van der Waals surface area contributed by atoms with Crippen LogP contribution in [0.5, 0.6) is 0 Å². The Bertz CT molecular complexity index is 1470. The molecule has 0 aliphatic rings. The topological polar surface area (TPSA) is 67.9 Å². The molecule has 2 heterocycles. The zero-order valence-corrected chi connectivity index (χ0v) is 19.5. The van der Waals surface area contributed by atoms with E-state index in [-0.39, 0.29) is 6.61 Å². The third kappa shape index (κ3) is 4.17. The van der Waals surface area contributed by atoms with Gasteiger partial charge in [0.15, 0.2) is 5.82 Å². The number of pyridine rings is 1. The van der Waals surface area contributed by atoms with Gasteiger partial charge in [-0.15, -0.1) is 0 Å². The fourth-order valence-corrected chi connectivity index (χ4v) is 4.07. The van der Waals surface area contributed by atoms with Crippen LogP contribution < -0.4 is 0 Å². The van der Waals surface area contributed by atoms with Crippen molar-refractivity contribution in [3.05, 3.63) is 94.0 Å². The lowest BCUT2D eigenvalue weighted by Crippen LogP contribution is -2.11. The first-order valence-electron chi connectivity index (χ1n) is 10.6. The van der Waals surface area contributed by atoms with E-state index in [1.54, 1.807) is 6.92 Å². The van der Waals surface area contributed by atoms with Crippen LogP contribution in [0.15, 0.2) is 77.3 Å². The van der Waals surface area contributed by atoms with E-state index in [0.29, 0.717) is 17.1 Å². The zero-order chi connectivity index (χ0) is 22.8. The summed E-state index contributed by atoms with van der Waals surface area (Å²) < 4.78 is 6.47. The van der Waals surface area contributed by atoms with Crippen molar-refractivity contribution in [2.75, 3.05) is 6.61 Å². The van der Waals surface area contributed by atoms with E-state index in [2.05, 4.69) is 20.9 Å². The number of ether oxygens (including phenoxy) is 1. The van der Waals surface area contributed by atoms with E-state index < -0.39 is 5.97 Å². The molecule has 0 fully saturated rings. The normalized spacial score (nSPS) is 11.5. The van der Waals surface area contributed by atoms with Crippen LogP contribution in [0.3, 0.4) is 0 Å². The molecule has 2 aromatic heterocycles. The molecule has 0 spiro atoms. The predicted octanol–water partition coefficient (Wildman–Crippen LogP) is 6.89. The summed E-state index contributed by atoms with van der Waals surface area (Å²) in [7, 11) is 0. The van der Waals surface area contributed by atoms with E-state index in [1.807, 2.05) is 84.9 Å². The Kier molecular flexibility index (Phi) is 5.75. The summed E-state index contributed by atoms with van der Waals surface area (Å²) in [5.74, 6) is 0.102. The molecule has 5 rings (SSSR count). The predicted molar refractivity (Wildman–Crippen MR) is 136 cm³/mol. The number of benzene rings is 3. The van der Waals surface area contributed by atoms with Gasteiger partial charge in [-0.05, 0) is 42.8 Å². The lowest BCUT2D eigenvalue weighted by Gasteiger charge is -2.13. The molecule has 5 aromatic rings. The van der Waals surface area contributed by atoms with Gasteiger partial charge < -0.3 is 9.72 Å². The van der Waals surface area contributed by atoms with Crippen LogP contribution >= 0.6 is 15.9 Å². The first-order valence-corrected chi connectivity index (χ1v) is 11.4. The Labute approximate surface area is 199 Å². The Balaban J connectivity index is 1.78. The van der Waals surface area contributed by atoms with Gasteiger partial charge in [0.2, 0.25) is 0 Å². The smallest absolute Gasteiger partial charge is 0.341 e. The Morgan fingerprint density at radius 1 is 0.939 bits per heavy atom. The molecule has 0 atom stereocenters. The molecule has 0 amide bonds. The van der Waals surface area contributed by atoms with Crippen LogP contribution in [0.4, 0.5) is 0 Å². The van der Waals surface area contributed by atoms with E-state index in [9.17, 15) is 4.79 Å². The maximum atomic E-state index is 13.2. The molecule has 6 heteroatoms. The van der Waals surface area contributed by atoms with Gasteiger partial charge in [-0.3, -0.25) is 0 Å². The van der Waals surface area contributed by atoms with Crippen molar-refractivity contribution in [1.82, 2.24) is 15.0 Å². The average molecular weight is 498 g/mol. The number of carbonyl (C=O) groups is 1. The summed E-state index contributed by atoms with van der Waals surface area (Å²) in [6.45, 7) is 2.06. The monoisotopic (exact) mass is 497 g/mol. The Morgan fingerprint density at radius 2 is 1.67 bits per heavy atom. The molecule has 0 saturated carbocycles. The van der Waals surface area contributed by atoms with E-state index in [1.165, 1.54) is 0 Å². The number of aromatic nitrogens is 3. The third-order valence-corrected chi connectivity index (χ3v) is 5.87.